The van der Waals surface area contributed by atoms with Crippen molar-refractivity contribution in [2.24, 2.45) is 10.2 Å². The van der Waals surface area contributed by atoms with Crippen LogP contribution >= 0.6 is 0 Å². The number of ketones is 1. The van der Waals surface area contributed by atoms with Crippen LogP contribution in [0, 0.1) is 10.1 Å². The van der Waals surface area contributed by atoms with E-state index in [1.807, 2.05) is 0 Å². The Bertz CT molecular complexity index is 1220. The number of fused-ring (bicyclic) bond motifs is 1. The number of rotatable bonds is 5. The van der Waals surface area contributed by atoms with Crippen LogP contribution < -0.4 is 5.32 Å². The van der Waals surface area contributed by atoms with Crippen molar-refractivity contribution in [3.63, 3.8) is 0 Å². The Labute approximate surface area is 170 Å². The fourth-order valence-electron chi connectivity index (χ4n) is 3.01. The van der Waals surface area contributed by atoms with E-state index in [0.29, 0.717) is 16.8 Å². The maximum absolute atomic E-state index is 13.0. The molecule has 0 radical (unpaired) electrons. The van der Waals surface area contributed by atoms with Gasteiger partial charge in [-0.05, 0) is 6.07 Å². The second-order valence-corrected chi connectivity index (χ2v) is 6.40. The lowest BCUT2D eigenvalue weighted by Crippen LogP contribution is -2.17. The maximum Gasteiger partial charge on any atom is 0.276 e. The van der Waals surface area contributed by atoms with E-state index in [2.05, 4.69) is 15.5 Å². The van der Waals surface area contributed by atoms with Crippen LogP contribution in [-0.4, -0.2) is 28.0 Å². The van der Waals surface area contributed by atoms with Gasteiger partial charge in [0, 0.05) is 28.8 Å². The summed E-state index contributed by atoms with van der Waals surface area (Å²) in [5.74, 6) is -0.905. The lowest BCUT2D eigenvalue weighted by Gasteiger charge is -2.05. The summed E-state index contributed by atoms with van der Waals surface area (Å²) in [4.78, 5) is 35.9. The number of hydrogen-bond donors (Lipinski definition) is 1. The van der Waals surface area contributed by atoms with Gasteiger partial charge in [-0.15, -0.1) is 10.2 Å². The third-order valence-corrected chi connectivity index (χ3v) is 4.48. The largest absolute Gasteiger partial charge is 0.320 e. The molecule has 0 aliphatic carbocycles. The van der Waals surface area contributed by atoms with E-state index < -0.39 is 10.8 Å². The molecular formula is C22H14N4O4. The van der Waals surface area contributed by atoms with Crippen LogP contribution in [0.1, 0.15) is 21.5 Å². The van der Waals surface area contributed by atoms with Gasteiger partial charge in [0.25, 0.3) is 11.6 Å². The van der Waals surface area contributed by atoms with E-state index >= 15 is 0 Å². The number of nitrogens with one attached hydrogen (secondary N) is 1. The summed E-state index contributed by atoms with van der Waals surface area (Å²) in [7, 11) is 0. The molecule has 0 saturated carbocycles. The molecule has 0 bridgehead atoms. The van der Waals surface area contributed by atoms with Crippen molar-refractivity contribution in [1.82, 2.24) is 0 Å². The summed E-state index contributed by atoms with van der Waals surface area (Å²) in [5.41, 5.74) is 1.41. The summed E-state index contributed by atoms with van der Waals surface area (Å²) >= 11 is 0. The summed E-state index contributed by atoms with van der Waals surface area (Å²) in [6.45, 7) is 0. The van der Waals surface area contributed by atoms with Crippen molar-refractivity contribution in [3.05, 3.63) is 106 Å². The first-order valence-electron chi connectivity index (χ1n) is 8.95. The van der Waals surface area contributed by atoms with Crippen molar-refractivity contribution >= 4 is 34.5 Å². The van der Waals surface area contributed by atoms with Crippen molar-refractivity contribution in [1.29, 1.82) is 0 Å². The molecule has 8 heteroatoms. The van der Waals surface area contributed by atoms with E-state index in [1.54, 1.807) is 60.7 Å². The number of hydrogen-bond acceptors (Lipinski definition) is 6. The predicted molar refractivity (Wildman–Crippen MR) is 112 cm³/mol. The van der Waals surface area contributed by atoms with Gasteiger partial charge in [-0.2, -0.15) is 0 Å². The van der Waals surface area contributed by atoms with E-state index in [9.17, 15) is 19.7 Å². The molecule has 4 rings (SSSR count). The second kappa shape index (κ2) is 7.88. The van der Waals surface area contributed by atoms with E-state index in [-0.39, 0.29) is 28.5 Å². The molecule has 30 heavy (non-hydrogen) atoms. The molecule has 0 atom stereocenters. The highest BCUT2D eigenvalue weighted by molar-refractivity contribution is 6.54. The van der Waals surface area contributed by atoms with Crippen LogP contribution in [0.2, 0.25) is 0 Å². The van der Waals surface area contributed by atoms with Crippen LogP contribution in [0.4, 0.5) is 11.4 Å². The highest BCUT2D eigenvalue weighted by Gasteiger charge is 2.28. The first kappa shape index (κ1) is 18.9. The quantitative estimate of drug-likeness (QED) is 0.306. The number of nitrogens with zero attached hydrogens (tertiary/aromatic N) is 3. The minimum Gasteiger partial charge on any atom is -0.320 e. The molecule has 0 spiro atoms. The van der Waals surface area contributed by atoms with Crippen LogP contribution in [0.3, 0.4) is 0 Å². The average Bonchev–Trinajstić information content (AvgIpc) is 3.09. The molecule has 146 valence electrons. The Kier molecular flexibility index (Phi) is 4.96. The van der Waals surface area contributed by atoms with Gasteiger partial charge in [0.2, 0.25) is 5.78 Å². The second-order valence-electron chi connectivity index (χ2n) is 6.40. The van der Waals surface area contributed by atoms with Gasteiger partial charge in [0.1, 0.15) is 5.71 Å². The number of nitro benzene ring substituents is 1. The normalized spacial score (nSPS) is 14.3. The third kappa shape index (κ3) is 3.61. The molecule has 0 aromatic heterocycles. The zero-order valence-electron chi connectivity index (χ0n) is 15.5. The summed E-state index contributed by atoms with van der Waals surface area (Å²) in [6, 6.07) is 21.3. The van der Waals surface area contributed by atoms with Gasteiger partial charge < -0.3 is 5.32 Å². The Hall–Kier alpha value is -4.46. The smallest absolute Gasteiger partial charge is 0.276 e. The summed E-state index contributed by atoms with van der Waals surface area (Å²) < 4.78 is 0. The average molecular weight is 398 g/mol. The number of non-ortho nitro benzene ring substituents is 1. The molecule has 8 nitrogen and oxygen atoms in total. The molecular weight excluding hydrogens is 384 g/mol. The highest BCUT2D eigenvalue weighted by Crippen LogP contribution is 2.28. The monoisotopic (exact) mass is 398 g/mol. The summed E-state index contributed by atoms with van der Waals surface area (Å²) in [6.07, 6.45) is 0. The zero-order chi connectivity index (χ0) is 21.1. The first-order chi connectivity index (χ1) is 14.5. The molecule has 3 aromatic carbocycles. The van der Waals surface area contributed by atoms with Gasteiger partial charge in [-0.1, -0.05) is 60.7 Å². The Morgan fingerprint density at radius 2 is 1.53 bits per heavy atom. The number of carbonyl (C=O) groups is 2. The number of carbonyl (C=O) groups excluding carboxylic acids is 2. The van der Waals surface area contributed by atoms with E-state index in [0.717, 1.165) is 0 Å². The Morgan fingerprint density at radius 3 is 2.17 bits per heavy atom. The number of benzene rings is 3. The van der Waals surface area contributed by atoms with Gasteiger partial charge in [0.05, 0.1) is 10.6 Å². The molecule has 1 heterocycles. The standard InChI is InChI=1S/C22H14N4O4/c27-21(15-9-5-2-6-10-15)19(14-7-3-1-4-8-14)24-25-20-17-13-16(26(29)30)11-12-18(17)23-22(20)28/h1-13H,(H,23,25,28)/b24-19+. The molecule has 0 saturated heterocycles. The maximum atomic E-state index is 13.0. The minimum atomic E-state index is -0.557. The van der Waals surface area contributed by atoms with Gasteiger partial charge in [-0.3, -0.25) is 19.7 Å². The first-order valence-corrected chi connectivity index (χ1v) is 8.95. The minimum absolute atomic E-state index is 0.0565. The lowest BCUT2D eigenvalue weighted by atomic mass is 10.0. The fraction of sp³-hybridized carbons (Fsp3) is 0. The van der Waals surface area contributed by atoms with E-state index in [1.165, 1.54) is 18.2 Å². The lowest BCUT2D eigenvalue weighted by molar-refractivity contribution is -0.384. The predicted octanol–water partition coefficient (Wildman–Crippen LogP) is 3.62. The van der Waals surface area contributed by atoms with E-state index in [4.69, 9.17) is 0 Å². The molecule has 0 fully saturated rings. The fourth-order valence-corrected chi connectivity index (χ4v) is 3.01. The molecule has 1 N–H and O–H groups in total. The summed E-state index contributed by atoms with van der Waals surface area (Å²) in [5, 5.41) is 21.8. The SMILES string of the molecule is O=C1Nc2ccc([N+](=O)[O-])cc2/C1=N\N=C(\C(=O)c1ccccc1)c1ccccc1. The van der Waals surface area contributed by atoms with Crippen LogP contribution in [0.25, 0.3) is 0 Å². The number of amides is 1. The van der Waals surface area contributed by atoms with Gasteiger partial charge >= 0.3 is 0 Å². The van der Waals surface area contributed by atoms with Crippen molar-refractivity contribution in [2.75, 3.05) is 5.32 Å². The number of nitro groups is 1. The zero-order valence-corrected chi connectivity index (χ0v) is 15.5. The topological polar surface area (TPSA) is 114 Å². The molecule has 3 aromatic rings. The van der Waals surface area contributed by atoms with Crippen molar-refractivity contribution in [3.8, 4) is 0 Å². The Balaban J connectivity index is 1.81. The molecule has 1 aliphatic heterocycles. The number of anilines is 1. The molecule has 1 aliphatic rings. The van der Waals surface area contributed by atoms with Crippen molar-refractivity contribution in [2.45, 2.75) is 0 Å². The molecule has 0 unspecified atom stereocenters. The van der Waals surface area contributed by atoms with Gasteiger partial charge in [-0.25, -0.2) is 0 Å². The Morgan fingerprint density at radius 1 is 0.900 bits per heavy atom. The third-order valence-electron chi connectivity index (χ3n) is 4.48. The van der Waals surface area contributed by atoms with Crippen molar-refractivity contribution < 1.29 is 14.5 Å². The highest BCUT2D eigenvalue weighted by atomic mass is 16.6. The van der Waals surface area contributed by atoms with Crippen LogP contribution in [0.5, 0.6) is 0 Å². The van der Waals surface area contributed by atoms with Crippen LogP contribution in [-0.2, 0) is 4.79 Å². The number of Topliss-reactive ketones (excluding diaryl/α,β-unsaturated/α-hetero) is 1. The van der Waals surface area contributed by atoms with Gasteiger partial charge in [0.15, 0.2) is 5.71 Å². The molecule has 1 amide bonds. The van der Waals surface area contributed by atoms with Crippen LogP contribution in [0.15, 0.2) is 89.1 Å².